The number of anilines is 1. The van der Waals surface area contributed by atoms with E-state index in [-0.39, 0.29) is 11.9 Å². The lowest BCUT2D eigenvalue weighted by Gasteiger charge is -2.34. The molecule has 6 nitrogen and oxygen atoms in total. The monoisotopic (exact) mass is 394 g/mol. The number of morpholine rings is 1. The van der Waals surface area contributed by atoms with Crippen molar-refractivity contribution < 1.29 is 9.53 Å². The largest absolute Gasteiger partial charge is 0.379 e. The van der Waals surface area contributed by atoms with Gasteiger partial charge in [0.25, 0.3) is 5.91 Å². The number of carbonyl (C=O) groups excluding carboxylic acids is 1. The van der Waals surface area contributed by atoms with Gasteiger partial charge in [0.2, 0.25) is 0 Å². The van der Waals surface area contributed by atoms with Crippen LogP contribution in [0.4, 0.5) is 5.69 Å². The Morgan fingerprint density at radius 3 is 2.48 bits per heavy atom. The SMILES string of the molecule is O=C(NCC(c1cccnc1)N1CCOCC1)c1ccc(N2CCCCC2)cc1. The van der Waals surface area contributed by atoms with Crippen LogP contribution in [0.3, 0.4) is 0 Å². The molecule has 1 aromatic carbocycles. The van der Waals surface area contributed by atoms with Gasteiger partial charge in [0.05, 0.1) is 19.3 Å². The number of nitrogens with one attached hydrogen (secondary N) is 1. The maximum absolute atomic E-state index is 12.8. The van der Waals surface area contributed by atoms with Crippen LogP contribution in [0.1, 0.15) is 41.2 Å². The minimum atomic E-state index is -0.0302. The predicted molar refractivity (Wildman–Crippen MR) is 114 cm³/mol. The molecule has 154 valence electrons. The molecule has 1 aromatic heterocycles. The second-order valence-electron chi connectivity index (χ2n) is 7.76. The lowest BCUT2D eigenvalue weighted by atomic mass is 10.1. The Hall–Kier alpha value is -2.44. The molecule has 6 heteroatoms. The van der Waals surface area contributed by atoms with Crippen molar-refractivity contribution in [3.05, 3.63) is 59.9 Å². The molecule has 2 fully saturated rings. The first-order valence-electron chi connectivity index (χ1n) is 10.7. The topological polar surface area (TPSA) is 57.7 Å². The van der Waals surface area contributed by atoms with Gasteiger partial charge in [-0.15, -0.1) is 0 Å². The van der Waals surface area contributed by atoms with Gasteiger partial charge >= 0.3 is 0 Å². The number of hydrogen-bond donors (Lipinski definition) is 1. The highest BCUT2D eigenvalue weighted by Crippen LogP contribution is 2.22. The van der Waals surface area contributed by atoms with Gasteiger partial charge in [0.1, 0.15) is 0 Å². The number of carbonyl (C=O) groups is 1. The van der Waals surface area contributed by atoms with E-state index in [4.69, 9.17) is 4.74 Å². The summed E-state index contributed by atoms with van der Waals surface area (Å²) in [7, 11) is 0. The van der Waals surface area contributed by atoms with Gasteiger partial charge in [0.15, 0.2) is 0 Å². The van der Waals surface area contributed by atoms with E-state index in [1.807, 2.05) is 24.4 Å². The highest BCUT2D eigenvalue weighted by molar-refractivity contribution is 5.94. The van der Waals surface area contributed by atoms with Crippen molar-refractivity contribution >= 4 is 11.6 Å². The minimum absolute atomic E-state index is 0.0302. The zero-order valence-electron chi connectivity index (χ0n) is 16.9. The van der Waals surface area contributed by atoms with Gasteiger partial charge in [-0.3, -0.25) is 14.7 Å². The number of piperidine rings is 1. The molecule has 0 bridgehead atoms. The Labute approximate surface area is 172 Å². The van der Waals surface area contributed by atoms with Crippen molar-refractivity contribution in [3.8, 4) is 0 Å². The van der Waals surface area contributed by atoms with Crippen LogP contribution in [0, 0.1) is 0 Å². The van der Waals surface area contributed by atoms with E-state index in [0.29, 0.717) is 12.1 Å². The van der Waals surface area contributed by atoms with Crippen molar-refractivity contribution in [1.29, 1.82) is 0 Å². The van der Waals surface area contributed by atoms with Crippen molar-refractivity contribution in [1.82, 2.24) is 15.2 Å². The van der Waals surface area contributed by atoms with Gasteiger partial charge in [-0.2, -0.15) is 0 Å². The molecule has 2 aromatic rings. The molecule has 1 unspecified atom stereocenters. The van der Waals surface area contributed by atoms with E-state index in [2.05, 4.69) is 38.3 Å². The summed E-state index contributed by atoms with van der Waals surface area (Å²) >= 11 is 0. The molecular weight excluding hydrogens is 364 g/mol. The number of nitrogens with zero attached hydrogens (tertiary/aromatic N) is 3. The van der Waals surface area contributed by atoms with Crippen LogP contribution in [0.5, 0.6) is 0 Å². The summed E-state index contributed by atoms with van der Waals surface area (Å²) in [5.41, 5.74) is 3.04. The fourth-order valence-electron chi connectivity index (χ4n) is 4.19. The molecular formula is C23H30N4O2. The molecule has 0 saturated carbocycles. The van der Waals surface area contributed by atoms with Gasteiger partial charge < -0.3 is 15.0 Å². The number of aromatic nitrogens is 1. The number of ether oxygens (including phenoxy) is 1. The van der Waals surface area contributed by atoms with E-state index in [0.717, 1.165) is 45.0 Å². The van der Waals surface area contributed by atoms with Crippen LogP contribution in [-0.4, -0.2) is 61.7 Å². The first-order chi connectivity index (χ1) is 14.3. The summed E-state index contributed by atoms with van der Waals surface area (Å²) in [4.78, 5) is 21.8. The highest BCUT2D eigenvalue weighted by Gasteiger charge is 2.23. The average Bonchev–Trinajstić information content (AvgIpc) is 2.81. The fourth-order valence-corrected chi connectivity index (χ4v) is 4.19. The lowest BCUT2D eigenvalue weighted by Crippen LogP contribution is -2.43. The molecule has 0 aliphatic carbocycles. The first kappa shape index (κ1) is 19.9. The molecule has 2 aliphatic rings. The molecule has 3 heterocycles. The van der Waals surface area contributed by atoms with Gasteiger partial charge in [-0.05, 0) is 55.2 Å². The van der Waals surface area contributed by atoms with E-state index < -0.39 is 0 Å². The maximum Gasteiger partial charge on any atom is 0.251 e. The molecule has 4 rings (SSSR count). The quantitative estimate of drug-likeness (QED) is 0.817. The molecule has 0 radical (unpaired) electrons. The molecule has 0 spiro atoms. The second kappa shape index (κ2) is 9.85. The summed E-state index contributed by atoms with van der Waals surface area (Å²) in [5, 5.41) is 3.13. The highest BCUT2D eigenvalue weighted by atomic mass is 16.5. The zero-order valence-corrected chi connectivity index (χ0v) is 16.9. The predicted octanol–water partition coefficient (Wildman–Crippen LogP) is 2.88. The van der Waals surface area contributed by atoms with Crippen molar-refractivity contribution in [3.63, 3.8) is 0 Å². The smallest absolute Gasteiger partial charge is 0.251 e. The third-order valence-corrected chi connectivity index (χ3v) is 5.86. The van der Waals surface area contributed by atoms with E-state index in [1.165, 1.54) is 24.9 Å². The summed E-state index contributed by atoms with van der Waals surface area (Å²) < 4.78 is 5.49. The van der Waals surface area contributed by atoms with Crippen molar-refractivity contribution in [2.45, 2.75) is 25.3 Å². The van der Waals surface area contributed by atoms with Crippen molar-refractivity contribution in [2.75, 3.05) is 50.8 Å². The van der Waals surface area contributed by atoms with Crippen LogP contribution in [0.25, 0.3) is 0 Å². The zero-order chi connectivity index (χ0) is 19.9. The Morgan fingerprint density at radius 1 is 1.03 bits per heavy atom. The fraction of sp³-hybridized carbons (Fsp3) is 0.478. The van der Waals surface area contributed by atoms with E-state index >= 15 is 0 Å². The average molecular weight is 395 g/mol. The van der Waals surface area contributed by atoms with Crippen molar-refractivity contribution in [2.24, 2.45) is 0 Å². The standard InChI is InChI=1S/C23H30N4O2/c28-23(19-6-8-21(9-7-19)26-11-2-1-3-12-26)25-18-22(20-5-4-10-24-17-20)27-13-15-29-16-14-27/h4-10,17,22H,1-3,11-16,18H2,(H,25,28). The van der Waals surface area contributed by atoms with Crippen LogP contribution in [-0.2, 0) is 4.74 Å². The Bertz CT molecular complexity index is 769. The van der Waals surface area contributed by atoms with Crippen LogP contribution >= 0.6 is 0 Å². The number of hydrogen-bond acceptors (Lipinski definition) is 5. The number of pyridine rings is 1. The molecule has 2 saturated heterocycles. The van der Waals surface area contributed by atoms with Gasteiger partial charge in [-0.1, -0.05) is 6.07 Å². The van der Waals surface area contributed by atoms with Gasteiger partial charge in [-0.25, -0.2) is 0 Å². The molecule has 1 atom stereocenters. The molecule has 29 heavy (non-hydrogen) atoms. The second-order valence-corrected chi connectivity index (χ2v) is 7.76. The first-order valence-corrected chi connectivity index (χ1v) is 10.7. The number of amides is 1. The normalized spacial score (nSPS) is 19.0. The Morgan fingerprint density at radius 2 is 1.79 bits per heavy atom. The molecule has 1 amide bonds. The third-order valence-electron chi connectivity index (χ3n) is 5.86. The molecule has 2 aliphatic heterocycles. The van der Waals surface area contributed by atoms with E-state index in [9.17, 15) is 4.79 Å². The Balaban J connectivity index is 1.39. The summed E-state index contributed by atoms with van der Waals surface area (Å²) in [6.45, 7) is 5.94. The third kappa shape index (κ3) is 5.14. The van der Waals surface area contributed by atoms with Crippen LogP contribution in [0.15, 0.2) is 48.8 Å². The lowest BCUT2D eigenvalue weighted by molar-refractivity contribution is 0.0161. The summed E-state index contributed by atoms with van der Waals surface area (Å²) in [5.74, 6) is -0.0302. The summed E-state index contributed by atoms with van der Waals surface area (Å²) in [6.07, 6.45) is 7.49. The molecule has 1 N–H and O–H groups in total. The summed E-state index contributed by atoms with van der Waals surface area (Å²) in [6, 6.07) is 12.1. The Kier molecular flexibility index (Phi) is 6.75. The van der Waals surface area contributed by atoms with E-state index in [1.54, 1.807) is 6.20 Å². The minimum Gasteiger partial charge on any atom is -0.379 e. The maximum atomic E-state index is 12.8. The van der Waals surface area contributed by atoms with Gasteiger partial charge in [0, 0.05) is 56.4 Å². The number of rotatable bonds is 6. The van der Waals surface area contributed by atoms with Crippen LogP contribution < -0.4 is 10.2 Å². The number of benzene rings is 1. The van der Waals surface area contributed by atoms with Crippen LogP contribution in [0.2, 0.25) is 0 Å².